The van der Waals surface area contributed by atoms with Crippen molar-refractivity contribution >= 4 is 39.6 Å². The van der Waals surface area contributed by atoms with E-state index in [0.717, 1.165) is 12.8 Å². The Kier molecular flexibility index (Phi) is 8.01. The summed E-state index contributed by atoms with van der Waals surface area (Å²) in [7, 11) is 1.44. The van der Waals surface area contributed by atoms with Gasteiger partial charge in [0.15, 0.2) is 11.5 Å². The van der Waals surface area contributed by atoms with Gasteiger partial charge in [0.25, 0.3) is 5.91 Å². The fourth-order valence-electron chi connectivity index (χ4n) is 2.32. The summed E-state index contributed by atoms with van der Waals surface area (Å²) in [5.74, 6) is -0.145. The standard InChI is InChI=1S/C20H22BrN3O4/c1-3-4-5-18(25)23-15-8-6-14(7-9-15)20(27)24-22-12-13-10-16(21)19(26)17(11-13)28-2/h6-12,26H,3-5H2,1-2H3,(H,23,25)(H,24,27)/b22-12+. The van der Waals surface area contributed by atoms with Crippen LogP contribution < -0.4 is 15.5 Å². The van der Waals surface area contributed by atoms with Crippen molar-refractivity contribution in [2.75, 3.05) is 12.4 Å². The molecule has 7 nitrogen and oxygen atoms in total. The monoisotopic (exact) mass is 447 g/mol. The van der Waals surface area contributed by atoms with Gasteiger partial charge < -0.3 is 15.2 Å². The highest BCUT2D eigenvalue weighted by atomic mass is 79.9. The van der Waals surface area contributed by atoms with Gasteiger partial charge in [0, 0.05) is 17.7 Å². The van der Waals surface area contributed by atoms with Crippen molar-refractivity contribution in [3.8, 4) is 11.5 Å². The summed E-state index contributed by atoms with van der Waals surface area (Å²) in [4.78, 5) is 23.9. The van der Waals surface area contributed by atoms with Gasteiger partial charge in [-0.3, -0.25) is 9.59 Å². The number of hydrazone groups is 1. The van der Waals surface area contributed by atoms with Crippen molar-refractivity contribution in [2.45, 2.75) is 26.2 Å². The molecule has 0 spiro atoms. The zero-order valence-corrected chi connectivity index (χ0v) is 17.2. The average Bonchev–Trinajstić information content (AvgIpc) is 2.69. The van der Waals surface area contributed by atoms with Gasteiger partial charge in [0.2, 0.25) is 5.91 Å². The first kappa shape index (κ1) is 21.4. The Bertz CT molecular complexity index is 866. The lowest BCUT2D eigenvalue weighted by atomic mass is 10.2. The number of carbonyl (C=O) groups is 2. The van der Waals surface area contributed by atoms with Crippen molar-refractivity contribution in [1.29, 1.82) is 0 Å². The smallest absolute Gasteiger partial charge is 0.271 e. The Balaban J connectivity index is 1.95. The third kappa shape index (κ3) is 6.09. The molecule has 2 rings (SSSR count). The fourth-order valence-corrected chi connectivity index (χ4v) is 2.78. The number of phenols is 1. The Labute approximate surface area is 171 Å². The second-order valence-electron chi connectivity index (χ2n) is 5.98. The van der Waals surface area contributed by atoms with Crippen LogP contribution in [-0.2, 0) is 4.79 Å². The summed E-state index contributed by atoms with van der Waals surface area (Å²) in [6.07, 6.45) is 3.72. The minimum atomic E-state index is -0.384. The molecule has 0 aliphatic rings. The summed E-state index contributed by atoms with van der Waals surface area (Å²) in [5.41, 5.74) is 4.11. The first-order chi connectivity index (χ1) is 13.4. The number of ether oxygens (including phenoxy) is 1. The maximum Gasteiger partial charge on any atom is 0.271 e. The predicted molar refractivity (Wildman–Crippen MR) is 112 cm³/mol. The number of rotatable bonds is 8. The largest absolute Gasteiger partial charge is 0.503 e. The Morgan fingerprint density at radius 3 is 2.61 bits per heavy atom. The van der Waals surface area contributed by atoms with Gasteiger partial charge in [-0.15, -0.1) is 0 Å². The van der Waals surface area contributed by atoms with E-state index in [1.54, 1.807) is 36.4 Å². The number of carbonyl (C=O) groups excluding carboxylic acids is 2. The number of nitrogens with zero attached hydrogens (tertiary/aromatic N) is 1. The van der Waals surface area contributed by atoms with Crippen LogP contribution in [0.4, 0.5) is 5.69 Å². The molecule has 0 aliphatic carbocycles. The van der Waals surface area contributed by atoms with Crippen LogP contribution in [0.5, 0.6) is 11.5 Å². The number of unbranched alkanes of at least 4 members (excludes halogenated alkanes) is 1. The molecule has 0 aliphatic heterocycles. The molecule has 0 fully saturated rings. The minimum Gasteiger partial charge on any atom is -0.503 e. The van der Waals surface area contributed by atoms with Crippen LogP contribution >= 0.6 is 15.9 Å². The topological polar surface area (TPSA) is 100 Å². The van der Waals surface area contributed by atoms with E-state index in [4.69, 9.17) is 4.74 Å². The molecule has 0 radical (unpaired) electrons. The Hall–Kier alpha value is -2.87. The summed E-state index contributed by atoms with van der Waals surface area (Å²) in [6.45, 7) is 2.03. The van der Waals surface area contributed by atoms with Crippen LogP contribution in [0.25, 0.3) is 0 Å². The van der Waals surface area contributed by atoms with E-state index in [0.29, 0.717) is 33.5 Å². The maximum absolute atomic E-state index is 12.2. The molecule has 0 saturated heterocycles. The van der Waals surface area contributed by atoms with E-state index in [1.165, 1.54) is 13.3 Å². The number of hydrogen-bond donors (Lipinski definition) is 3. The van der Waals surface area contributed by atoms with Crippen molar-refractivity contribution in [2.24, 2.45) is 5.10 Å². The molecule has 2 amide bonds. The highest BCUT2D eigenvalue weighted by Gasteiger charge is 2.08. The minimum absolute atomic E-state index is 0.00874. The van der Waals surface area contributed by atoms with Crippen molar-refractivity contribution < 1.29 is 19.4 Å². The predicted octanol–water partition coefficient (Wildman–Crippen LogP) is 4.06. The first-order valence-corrected chi connectivity index (χ1v) is 9.53. The number of nitrogens with one attached hydrogen (secondary N) is 2. The highest BCUT2D eigenvalue weighted by molar-refractivity contribution is 9.10. The van der Waals surface area contributed by atoms with Gasteiger partial charge >= 0.3 is 0 Å². The molecule has 8 heteroatoms. The number of methoxy groups -OCH3 is 1. The molecule has 0 saturated carbocycles. The summed E-state index contributed by atoms with van der Waals surface area (Å²) in [5, 5.41) is 16.5. The van der Waals surface area contributed by atoms with E-state index < -0.39 is 0 Å². The molecule has 2 aromatic rings. The van der Waals surface area contributed by atoms with Crippen molar-refractivity contribution in [1.82, 2.24) is 5.43 Å². The lowest BCUT2D eigenvalue weighted by Crippen LogP contribution is -2.17. The molecule has 3 N–H and O–H groups in total. The number of aromatic hydroxyl groups is 1. The lowest BCUT2D eigenvalue weighted by molar-refractivity contribution is -0.116. The summed E-state index contributed by atoms with van der Waals surface area (Å²) in [6, 6.07) is 9.80. The van der Waals surface area contributed by atoms with Crippen LogP contribution in [-0.4, -0.2) is 30.2 Å². The molecular weight excluding hydrogens is 426 g/mol. The zero-order valence-electron chi connectivity index (χ0n) is 15.7. The molecule has 0 aromatic heterocycles. The molecule has 0 heterocycles. The average molecular weight is 448 g/mol. The Morgan fingerprint density at radius 1 is 1.25 bits per heavy atom. The van der Waals surface area contributed by atoms with Crippen LogP contribution in [0.15, 0.2) is 46.0 Å². The van der Waals surface area contributed by atoms with Gasteiger partial charge in [-0.1, -0.05) is 13.3 Å². The van der Waals surface area contributed by atoms with E-state index in [9.17, 15) is 14.7 Å². The van der Waals surface area contributed by atoms with Gasteiger partial charge in [0.1, 0.15) is 0 Å². The molecule has 148 valence electrons. The van der Waals surface area contributed by atoms with Crippen molar-refractivity contribution in [3.05, 3.63) is 52.0 Å². The second kappa shape index (κ2) is 10.5. The van der Waals surface area contributed by atoms with Gasteiger partial charge in [-0.25, -0.2) is 5.43 Å². The van der Waals surface area contributed by atoms with Crippen LogP contribution in [0.2, 0.25) is 0 Å². The summed E-state index contributed by atoms with van der Waals surface area (Å²) >= 11 is 3.22. The number of benzene rings is 2. The molecular formula is C20H22BrN3O4. The maximum atomic E-state index is 12.2. The zero-order chi connectivity index (χ0) is 20.5. The number of anilines is 1. The van der Waals surface area contributed by atoms with Gasteiger partial charge in [-0.05, 0) is 64.3 Å². The highest BCUT2D eigenvalue weighted by Crippen LogP contribution is 2.34. The SMILES string of the molecule is CCCCC(=O)Nc1ccc(C(=O)N/N=C/c2cc(Br)c(O)c(OC)c2)cc1. The second-order valence-corrected chi connectivity index (χ2v) is 6.84. The summed E-state index contributed by atoms with van der Waals surface area (Å²) < 4.78 is 5.52. The number of halogens is 1. The quantitative estimate of drug-likeness (QED) is 0.419. The van der Waals surface area contributed by atoms with Crippen LogP contribution in [0.1, 0.15) is 42.1 Å². The first-order valence-electron chi connectivity index (χ1n) is 8.74. The molecule has 0 unspecified atom stereocenters. The number of amides is 2. The van der Waals surface area contributed by atoms with Crippen LogP contribution in [0, 0.1) is 0 Å². The molecule has 0 atom stereocenters. The Morgan fingerprint density at radius 2 is 1.96 bits per heavy atom. The number of phenolic OH excluding ortho intramolecular Hbond substituents is 1. The molecule has 0 bridgehead atoms. The molecule has 2 aromatic carbocycles. The van der Waals surface area contributed by atoms with Crippen LogP contribution in [0.3, 0.4) is 0 Å². The molecule has 28 heavy (non-hydrogen) atoms. The third-order valence-electron chi connectivity index (χ3n) is 3.84. The third-order valence-corrected chi connectivity index (χ3v) is 4.44. The normalized spacial score (nSPS) is 10.7. The lowest BCUT2D eigenvalue weighted by Gasteiger charge is -2.07. The van der Waals surface area contributed by atoms with E-state index in [-0.39, 0.29) is 17.6 Å². The van der Waals surface area contributed by atoms with Gasteiger partial charge in [0.05, 0.1) is 17.8 Å². The van der Waals surface area contributed by atoms with E-state index >= 15 is 0 Å². The number of hydrogen-bond acceptors (Lipinski definition) is 5. The fraction of sp³-hybridized carbons (Fsp3) is 0.250. The van der Waals surface area contributed by atoms with Gasteiger partial charge in [-0.2, -0.15) is 5.10 Å². The van der Waals surface area contributed by atoms with E-state index in [2.05, 4.69) is 31.8 Å². The van der Waals surface area contributed by atoms with Crippen molar-refractivity contribution in [3.63, 3.8) is 0 Å². The van der Waals surface area contributed by atoms with E-state index in [1.807, 2.05) is 6.92 Å².